The minimum Gasteiger partial charge on any atom is -0.239 e. The van der Waals surface area contributed by atoms with E-state index in [9.17, 15) is 8.42 Å². The Morgan fingerprint density at radius 3 is 2.24 bits per heavy atom. The fourth-order valence-corrected chi connectivity index (χ4v) is 3.41. The van der Waals surface area contributed by atoms with E-state index in [1.807, 2.05) is 42.7 Å². The monoisotopic (exact) mass is 267 g/mol. The van der Waals surface area contributed by atoms with E-state index in [1.165, 1.54) is 22.0 Å². The van der Waals surface area contributed by atoms with Crippen molar-refractivity contribution in [1.29, 1.82) is 0 Å². The molecule has 0 atom stereocenters. The highest BCUT2D eigenvalue weighted by Crippen LogP contribution is 2.27. The van der Waals surface area contributed by atoms with Crippen LogP contribution in [0, 0.1) is 0 Å². The van der Waals surface area contributed by atoms with Gasteiger partial charge in [-0.05, 0) is 17.9 Å². The van der Waals surface area contributed by atoms with Crippen LogP contribution < -0.4 is 0 Å². The highest BCUT2D eigenvalue weighted by molar-refractivity contribution is 7.99. The van der Waals surface area contributed by atoms with Crippen molar-refractivity contribution in [2.45, 2.75) is 5.03 Å². The van der Waals surface area contributed by atoms with Crippen molar-refractivity contribution >= 4 is 21.8 Å². The predicted octanol–water partition coefficient (Wildman–Crippen LogP) is 2.68. The summed E-state index contributed by atoms with van der Waals surface area (Å²) in [5, 5.41) is 0.728. The molecular formula is C12H13NO2S2. The van der Waals surface area contributed by atoms with Gasteiger partial charge in [-0.25, -0.2) is 12.4 Å². The maximum Gasteiger partial charge on any atom is 0.236 e. The Morgan fingerprint density at radius 2 is 1.76 bits per heavy atom. The summed E-state index contributed by atoms with van der Waals surface area (Å²) >= 11 is 1.42. The van der Waals surface area contributed by atoms with Gasteiger partial charge < -0.3 is 0 Å². The van der Waals surface area contributed by atoms with Gasteiger partial charge in [0.2, 0.25) is 10.0 Å². The topological polar surface area (TPSA) is 39.1 Å². The molecule has 90 valence electrons. The SMILES string of the molecule is CSc1cc(-c2ccccc2)cn1S(C)(=O)=O. The lowest BCUT2D eigenvalue weighted by atomic mass is 10.1. The molecule has 0 saturated carbocycles. The Balaban J connectivity index is 2.57. The lowest BCUT2D eigenvalue weighted by molar-refractivity contribution is 0.590. The van der Waals surface area contributed by atoms with Crippen LogP contribution in [-0.4, -0.2) is 24.9 Å². The van der Waals surface area contributed by atoms with Gasteiger partial charge in [0.25, 0.3) is 0 Å². The first-order valence-electron chi connectivity index (χ1n) is 5.05. The van der Waals surface area contributed by atoms with Gasteiger partial charge in [0.05, 0.1) is 11.3 Å². The first-order valence-corrected chi connectivity index (χ1v) is 8.12. The van der Waals surface area contributed by atoms with Crippen LogP contribution in [0.4, 0.5) is 0 Å². The van der Waals surface area contributed by atoms with E-state index in [0.29, 0.717) is 0 Å². The standard InChI is InChI=1S/C12H13NO2S2/c1-16-12-8-11(9-13(12)17(2,14)15)10-6-4-3-5-7-10/h3-9H,1-2H3. The molecule has 0 aliphatic rings. The van der Waals surface area contributed by atoms with Gasteiger partial charge in [0, 0.05) is 11.8 Å². The Hall–Kier alpha value is -1.20. The molecule has 0 amide bonds. The summed E-state index contributed by atoms with van der Waals surface area (Å²) in [6, 6.07) is 11.6. The van der Waals surface area contributed by atoms with E-state index in [4.69, 9.17) is 0 Å². The van der Waals surface area contributed by atoms with Gasteiger partial charge in [-0.1, -0.05) is 30.3 Å². The van der Waals surface area contributed by atoms with Crippen molar-refractivity contribution < 1.29 is 8.42 Å². The molecule has 0 fully saturated rings. The number of nitrogens with zero attached hydrogens (tertiary/aromatic N) is 1. The number of hydrogen-bond donors (Lipinski definition) is 0. The second kappa shape index (κ2) is 4.58. The van der Waals surface area contributed by atoms with Gasteiger partial charge in [-0.3, -0.25) is 0 Å². The van der Waals surface area contributed by atoms with E-state index < -0.39 is 10.0 Å². The molecule has 17 heavy (non-hydrogen) atoms. The minimum absolute atomic E-state index is 0.728. The minimum atomic E-state index is -3.24. The molecule has 0 saturated heterocycles. The number of aromatic nitrogens is 1. The predicted molar refractivity (Wildman–Crippen MR) is 71.9 cm³/mol. The average Bonchev–Trinajstić information content (AvgIpc) is 2.74. The van der Waals surface area contributed by atoms with Crippen LogP contribution in [0.5, 0.6) is 0 Å². The summed E-state index contributed by atoms with van der Waals surface area (Å²) in [5.74, 6) is 0. The molecule has 2 rings (SSSR count). The van der Waals surface area contributed by atoms with E-state index in [-0.39, 0.29) is 0 Å². The largest absolute Gasteiger partial charge is 0.239 e. The van der Waals surface area contributed by atoms with Gasteiger partial charge in [0.1, 0.15) is 0 Å². The first-order chi connectivity index (χ1) is 8.02. The Kier molecular flexibility index (Phi) is 3.31. The zero-order valence-electron chi connectivity index (χ0n) is 9.62. The Morgan fingerprint density at radius 1 is 1.12 bits per heavy atom. The van der Waals surface area contributed by atoms with Crippen LogP contribution in [0.2, 0.25) is 0 Å². The van der Waals surface area contributed by atoms with E-state index in [1.54, 1.807) is 6.20 Å². The van der Waals surface area contributed by atoms with Crippen molar-refractivity contribution in [2.24, 2.45) is 0 Å². The zero-order valence-corrected chi connectivity index (χ0v) is 11.3. The lowest BCUT2D eigenvalue weighted by Crippen LogP contribution is -2.09. The number of benzene rings is 1. The van der Waals surface area contributed by atoms with Crippen LogP contribution >= 0.6 is 11.8 Å². The third-order valence-electron chi connectivity index (χ3n) is 2.43. The number of hydrogen-bond acceptors (Lipinski definition) is 3. The molecule has 0 radical (unpaired) electrons. The summed E-state index contributed by atoms with van der Waals surface area (Å²) in [7, 11) is -3.24. The van der Waals surface area contributed by atoms with Gasteiger partial charge in [-0.15, -0.1) is 11.8 Å². The molecule has 3 nitrogen and oxygen atoms in total. The third-order valence-corrected chi connectivity index (χ3v) is 4.29. The molecule has 2 aromatic rings. The zero-order chi connectivity index (χ0) is 12.5. The quantitative estimate of drug-likeness (QED) is 0.803. The summed E-state index contributed by atoms with van der Waals surface area (Å²) in [4.78, 5) is 0. The molecule has 5 heteroatoms. The molecule has 1 heterocycles. The Labute approximate surface area is 106 Å². The van der Waals surface area contributed by atoms with Crippen LogP contribution in [0.15, 0.2) is 47.6 Å². The molecule has 0 aliphatic carbocycles. The van der Waals surface area contributed by atoms with E-state index in [0.717, 1.165) is 16.2 Å². The van der Waals surface area contributed by atoms with Crippen LogP contribution in [0.1, 0.15) is 0 Å². The summed E-state index contributed by atoms with van der Waals surface area (Å²) in [6.45, 7) is 0. The number of rotatable bonds is 3. The first kappa shape index (κ1) is 12.3. The molecular weight excluding hydrogens is 254 g/mol. The smallest absolute Gasteiger partial charge is 0.236 e. The molecule has 0 unspecified atom stereocenters. The normalized spacial score (nSPS) is 11.6. The van der Waals surface area contributed by atoms with Gasteiger partial charge in [-0.2, -0.15) is 0 Å². The summed E-state index contributed by atoms with van der Waals surface area (Å²) in [5.41, 5.74) is 1.94. The maximum absolute atomic E-state index is 11.6. The maximum atomic E-state index is 11.6. The van der Waals surface area contributed by atoms with Crippen molar-refractivity contribution in [1.82, 2.24) is 3.97 Å². The molecule has 1 aromatic carbocycles. The van der Waals surface area contributed by atoms with E-state index in [2.05, 4.69) is 0 Å². The highest BCUT2D eigenvalue weighted by atomic mass is 32.2. The average molecular weight is 267 g/mol. The lowest BCUT2D eigenvalue weighted by Gasteiger charge is -2.02. The highest BCUT2D eigenvalue weighted by Gasteiger charge is 2.13. The molecule has 0 N–H and O–H groups in total. The number of thioether (sulfide) groups is 1. The summed E-state index contributed by atoms with van der Waals surface area (Å²) in [6.07, 6.45) is 4.74. The van der Waals surface area contributed by atoms with Crippen molar-refractivity contribution in [3.05, 3.63) is 42.6 Å². The fraction of sp³-hybridized carbons (Fsp3) is 0.167. The second-order valence-corrected chi connectivity index (χ2v) is 6.38. The second-order valence-electron chi connectivity index (χ2n) is 3.70. The van der Waals surface area contributed by atoms with Crippen LogP contribution in [0.25, 0.3) is 11.1 Å². The van der Waals surface area contributed by atoms with Gasteiger partial charge >= 0.3 is 0 Å². The fourth-order valence-electron chi connectivity index (χ4n) is 1.62. The third kappa shape index (κ3) is 2.56. The van der Waals surface area contributed by atoms with Crippen molar-refractivity contribution in [2.75, 3.05) is 12.5 Å². The Bertz CT molecular complexity index is 615. The van der Waals surface area contributed by atoms with E-state index >= 15 is 0 Å². The molecule has 0 aliphatic heterocycles. The molecule has 1 aromatic heterocycles. The van der Waals surface area contributed by atoms with Crippen molar-refractivity contribution in [3.8, 4) is 11.1 Å². The summed E-state index contributed by atoms with van der Waals surface area (Å²) < 4.78 is 24.5. The van der Waals surface area contributed by atoms with Crippen molar-refractivity contribution in [3.63, 3.8) is 0 Å². The molecule has 0 spiro atoms. The van der Waals surface area contributed by atoms with Crippen LogP contribution in [0.3, 0.4) is 0 Å². The van der Waals surface area contributed by atoms with Gasteiger partial charge in [0.15, 0.2) is 0 Å². The molecule has 0 bridgehead atoms. The van der Waals surface area contributed by atoms with Crippen LogP contribution in [-0.2, 0) is 10.0 Å².